The quantitative estimate of drug-likeness (QED) is 0.107. The number of hydrogen-bond donors (Lipinski definition) is 2. The van der Waals surface area contributed by atoms with Gasteiger partial charge in [0.05, 0.1) is 13.2 Å². The molecule has 0 radical (unpaired) electrons. The van der Waals surface area contributed by atoms with Crippen molar-refractivity contribution in [1.29, 1.82) is 0 Å². The van der Waals surface area contributed by atoms with Gasteiger partial charge in [-0.05, 0) is 113 Å². The van der Waals surface area contributed by atoms with Crippen molar-refractivity contribution >= 4 is 0 Å². The van der Waals surface area contributed by atoms with E-state index >= 15 is 0 Å². The maximum Gasteiger partial charge on any atom is 0.119 e. The van der Waals surface area contributed by atoms with Crippen molar-refractivity contribution in [2.24, 2.45) is 0 Å². The number of benzene rings is 4. The number of hydrogen-bond acceptors (Lipinski definition) is 4. The summed E-state index contributed by atoms with van der Waals surface area (Å²) in [7, 11) is 0. The minimum absolute atomic E-state index is 0.337. The lowest BCUT2D eigenvalue weighted by molar-refractivity contribution is 0.287. The molecule has 4 atom stereocenters. The molecule has 0 aromatic heterocycles. The summed E-state index contributed by atoms with van der Waals surface area (Å²) in [6.45, 7) is 10.5. The van der Waals surface area contributed by atoms with Gasteiger partial charge in [-0.1, -0.05) is 84.9 Å². The van der Waals surface area contributed by atoms with E-state index in [-0.39, 0.29) is 0 Å². The van der Waals surface area contributed by atoms with Gasteiger partial charge in [-0.2, -0.15) is 0 Å². The molecule has 4 nitrogen and oxygen atoms in total. The first kappa shape index (κ1) is 33.3. The maximum absolute atomic E-state index is 5.99. The first-order chi connectivity index (χ1) is 21.5. The number of rotatable bonds is 19. The van der Waals surface area contributed by atoms with Gasteiger partial charge in [0.25, 0.3) is 0 Å². The van der Waals surface area contributed by atoms with Crippen LogP contribution >= 0.6 is 0 Å². The topological polar surface area (TPSA) is 42.5 Å². The molecule has 0 aliphatic heterocycles. The minimum atomic E-state index is 0.337. The van der Waals surface area contributed by atoms with E-state index in [2.05, 4.69) is 148 Å². The van der Waals surface area contributed by atoms with E-state index < -0.39 is 0 Å². The number of nitrogens with one attached hydrogen (secondary N) is 2. The van der Waals surface area contributed by atoms with E-state index in [1.54, 1.807) is 0 Å². The Bertz CT molecular complexity index is 1200. The molecule has 4 rings (SSSR count). The molecule has 4 unspecified atom stereocenters. The van der Waals surface area contributed by atoms with Gasteiger partial charge in [-0.25, -0.2) is 0 Å². The average molecular weight is 593 g/mol. The highest BCUT2D eigenvalue weighted by Gasteiger charge is 2.11. The van der Waals surface area contributed by atoms with Gasteiger partial charge < -0.3 is 20.1 Å². The molecule has 2 N–H and O–H groups in total. The molecule has 0 saturated carbocycles. The zero-order valence-corrected chi connectivity index (χ0v) is 27.2. The summed E-state index contributed by atoms with van der Waals surface area (Å²) in [6.07, 6.45) is 6.41. The van der Waals surface area contributed by atoms with E-state index in [1.807, 2.05) is 0 Å². The molecule has 0 aliphatic rings. The van der Waals surface area contributed by atoms with Crippen LogP contribution in [0, 0.1) is 0 Å². The van der Waals surface area contributed by atoms with Gasteiger partial charge in [0.2, 0.25) is 0 Å². The van der Waals surface area contributed by atoms with Crippen molar-refractivity contribution in [3.63, 3.8) is 0 Å². The Kier molecular flexibility index (Phi) is 13.8. The smallest absolute Gasteiger partial charge is 0.119 e. The van der Waals surface area contributed by atoms with Crippen molar-refractivity contribution < 1.29 is 9.47 Å². The number of unbranched alkanes of at least 4 members (excludes halogenated alkanes) is 3. The molecular formula is C40H52N2O2. The molecule has 0 amide bonds. The summed E-state index contributed by atoms with van der Waals surface area (Å²) in [4.78, 5) is 0. The second-order valence-corrected chi connectivity index (χ2v) is 12.2. The van der Waals surface area contributed by atoms with Crippen LogP contribution in [-0.4, -0.2) is 25.3 Å². The second-order valence-electron chi connectivity index (χ2n) is 12.2. The fourth-order valence-corrected chi connectivity index (χ4v) is 5.74. The van der Waals surface area contributed by atoms with Crippen LogP contribution in [0.25, 0.3) is 0 Å². The lowest BCUT2D eigenvalue weighted by Crippen LogP contribution is -2.30. The van der Waals surface area contributed by atoms with Crippen LogP contribution in [0.5, 0.6) is 11.5 Å². The first-order valence-electron chi connectivity index (χ1n) is 16.5. The lowest BCUT2D eigenvalue weighted by atomic mass is 10.0. The van der Waals surface area contributed by atoms with Gasteiger partial charge in [0.15, 0.2) is 0 Å². The zero-order valence-electron chi connectivity index (χ0n) is 27.2. The summed E-state index contributed by atoms with van der Waals surface area (Å²) in [5, 5.41) is 7.41. The van der Waals surface area contributed by atoms with Gasteiger partial charge in [-0.3, -0.25) is 0 Å². The molecule has 0 fully saturated rings. The Morgan fingerprint density at radius 3 is 1.18 bits per heavy atom. The molecule has 4 heteroatoms. The predicted molar refractivity (Wildman–Crippen MR) is 185 cm³/mol. The molecule has 0 saturated heterocycles. The van der Waals surface area contributed by atoms with Crippen LogP contribution in [0.3, 0.4) is 0 Å². The Morgan fingerprint density at radius 2 is 0.818 bits per heavy atom. The molecular weight excluding hydrogens is 540 g/mol. The van der Waals surface area contributed by atoms with E-state index in [1.165, 1.54) is 22.3 Å². The third-order valence-electron chi connectivity index (χ3n) is 8.17. The molecule has 4 aromatic carbocycles. The molecule has 44 heavy (non-hydrogen) atoms. The molecule has 0 bridgehead atoms. The van der Waals surface area contributed by atoms with Crippen LogP contribution in [0.1, 0.15) is 87.7 Å². The van der Waals surface area contributed by atoms with Crippen molar-refractivity contribution in [2.45, 2.75) is 90.4 Å². The minimum Gasteiger partial charge on any atom is -0.494 e. The van der Waals surface area contributed by atoms with Gasteiger partial charge in [0, 0.05) is 24.2 Å². The first-order valence-corrected chi connectivity index (χ1v) is 16.5. The van der Waals surface area contributed by atoms with Gasteiger partial charge >= 0.3 is 0 Å². The molecule has 0 aliphatic carbocycles. The van der Waals surface area contributed by atoms with Crippen LogP contribution < -0.4 is 20.1 Å². The van der Waals surface area contributed by atoms with Gasteiger partial charge in [0.1, 0.15) is 11.5 Å². The van der Waals surface area contributed by atoms with E-state index in [4.69, 9.17) is 9.47 Å². The van der Waals surface area contributed by atoms with Crippen LogP contribution in [-0.2, 0) is 12.8 Å². The normalized spacial score (nSPS) is 14.0. The van der Waals surface area contributed by atoms with Crippen molar-refractivity contribution in [3.05, 3.63) is 131 Å². The Hall–Kier alpha value is -3.60. The van der Waals surface area contributed by atoms with Crippen LogP contribution in [0.2, 0.25) is 0 Å². The summed E-state index contributed by atoms with van der Waals surface area (Å²) in [5.41, 5.74) is 5.30. The molecule has 0 heterocycles. The molecule has 234 valence electrons. The third kappa shape index (κ3) is 11.8. The largest absolute Gasteiger partial charge is 0.494 e. The fourth-order valence-electron chi connectivity index (χ4n) is 5.74. The highest BCUT2D eigenvalue weighted by molar-refractivity contribution is 5.29. The van der Waals surface area contributed by atoms with Gasteiger partial charge in [-0.15, -0.1) is 0 Å². The van der Waals surface area contributed by atoms with E-state index in [0.29, 0.717) is 24.2 Å². The van der Waals surface area contributed by atoms with Crippen LogP contribution in [0.15, 0.2) is 109 Å². The maximum atomic E-state index is 5.99. The highest BCUT2D eigenvalue weighted by atomic mass is 16.5. The monoisotopic (exact) mass is 592 g/mol. The molecule has 0 spiro atoms. The highest BCUT2D eigenvalue weighted by Crippen LogP contribution is 2.18. The summed E-state index contributed by atoms with van der Waals surface area (Å²) in [6, 6.07) is 39.9. The Morgan fingerprint density at radius 1 is 0.455 bits per heavy atom. The second kappa shape index (κ2) is 18.3. The van der Waals surface area contributed by atoms with E-state index in [0.717, 1.165) is 63.2 Å². The average Bonchev–Trinajstić information content (AvgIpc) is 3.04. The Labute approximate surface area is 266 Å². The SMILES string of the molecule is CC(Cc1ccc(OCCCCCCOc2ccc(CC(C)NC(C)c3ccccc3)cc2)cc1)NC(C)c1ccccc1. The predicted octanol–water partition coefficient (Wildman–Crippen LogP) is 9.27. The summed E-state index contributed by atoms with van der Waals surface area (Å²) in [5.74, 6) is 1.91. The molecule has 4 aromatic rings. The van der Waals surface area contributed by atoms with Crippen molar-refractivity contribution in [2.75, 3.05) is 13.2 Å². The van der Waals surface area contributed by atoms with Crippen molar-refractivity contribution in [3.8, 4) is 11.5 Å². The summed E-state index contributed by atoms with van der Waals surface area (Å²) >= 11 is 0. The fraction of sp³-hybridized carbons (Fsp3) is 0.400. The van der Waals surface area contributed by atoms with Crippen LogP contribution in [0.4, 0.5) is 0 Å². The Balaban J connectivity index is 1.03. The third-order valence-corrected chi connectivity index (χ3v) is 8.17. The number of ether oxygens (including phenoxy) is 2. The summed E-state index contributed by atoms with van der Waals surface area (Å²) < 4.78 is 12.0. The van der Waals surface area contributed by atoms with E-state index in [9.17, 15) is 0 Å². The van der Waals surface area contributed by atoms with Crippen molar-refractivity contribution in [1.82, 2.24) is 10.6 Å². The standard InChI is InChI=1S/C40H52N2O2/c1-31(41-33(3)37-15-9-7-10-16-37)29-35-19-23-39(24-20-35)43-27-13-5-6-14-28-44-40-25-21-36(22-26-40)30-32(2)42-34(4)38-17-11-8-12-18-38/h7-12,15-26,31-34,41-42H,5-6,13-14,27-30H2,1-4H3. The zero-order chi connectivity index (χ0) is 31.0. The lowest BCUT2D eigenvalue weighted by Gasteiger charge is -2.20.